The number of piperidine rings is 1. The second kappa shape index (κ2) is 7.43. The minimum atomic E-state index is -1.30. The van der Waals surface area contributed by atoms with Crippen molar-refractivity contribution in [3.63, 3.8) is 0 Å². The van der Waals surface area contributed by atoms with Crippen LogP contribution in [-0.4, -0.2) is 48.8 Å². The normalized spacial score (nSPS) is 20.8. The maximum Gasteiger partial charge on any atom is 0.339 e. The molecule has 1 aliphatic heterocycles. The highest BCUT2D eigenvalue weighted by atomic mass is 16.5. The van der Waals surface area contributed by atoms with E-state index in [1.165, 1.54) is 0 Å². The molecule has 5 heteroatoms. The van der Waals surface area contributed by atoms with Gasteiger partial charge in [-0.1, -0.05) is 18.2 Å². The molecule has 1 aromatic rings. The third kappa shape index (κ3) is 4.19. The number of rotatable bonds is 5. The highest BCUT2D eigenvalue weighted by Gasteiger charge is 2.25. The lowest BCUT2D eigenvalue weighted by Crippen LogP contribution is -2.38. The average molecular weight is 293 g/mol. The Balaban J connectivity index is 2.11. The summed E-state index contributed by atoms with van der Waals surface area (Å²) < 4.78 is 10.9. The first-order valence-electron chi connectivity index (χ1n) is 7.40. The number of hydrogen-bond acceptors (Lipinski definition) is 5. The third-order valence-electron chi connectivity index (χ3n) is 3.60. The molecule has 0 aliphatic carbocycles. The van der Waals surface area contributed by atoms with Crippen LogP contribution >= 0.6 is 0 Å². The summed E-state index contributed by atoms with van der Waals surface area (Å²) in [6, 6.07) is 7.09. The first-order valence-corrected chi connectivity index (χ1v) is 7.40. The van der Waals surface area contributed by atoms with Crippen LogP contribution in [0.4, 0.5) is 0 Å². The fourth-order valence-electron chi connectivity index (χ4n) is 2.56. The van der Waals surface area contributed by atoms with Crippen LogP contribution in [0.5, 0.6) is 5.75 Å². The Morgan fingerprint density at radius 2 is 2.24 bits per heavy atom. The molecule has 1 fully saturated rings. The Morgan fingerprint density at radius 3 is 2.95 bits per heavy atom. The summed E-state index contributed by atoms with van der Waals surface area (Å²) in [5, 5.41) is 10.1. The lowest BCUT2D eigenvalue weighted by molar-refractivity contribution is -0.153. The zero-order valence-electron chi connectivity index (χ0n) is 12.6. The quantitative estimate of drug-likeness (QED) is 0.838. The van der Waals surface area contributed by atoms with E-state index in [0.29, 0.717) is 11.3 Å². The van der Waals surface area contributed by atoms with Crippen molar-refractivity contribution in [1.82, 2.24) is 4.90 Å². The van der Waals surface area contributed by atoms with Crippen LogP contribution in [0.2, 0.25) is 0 Å². The van der Waals surface area contributed by atoms with Gasteiger partial charge in [-0.2, -0.15) is 0 Å². The van der Waals surface area contributed by atoms with Crippen molar-refractivity contribution in [2.24, 2.45) is 0 Å². The molecular formula is C16H23NO4. The Morgan fingerprint density at radius 1 is 1.48 bits per heavy atom. The van der Waals surface area contributed by atoms with Gasteiger partial charge in [0.1, 0.15) is 11.9 Å². The molecule has 1 heterocycles. The van der Waals surface area contributed by atoms with Crippen molar-refractivity contribution in [3.05, 3.63) is 29.8 Å². The second-order valence-corrected chi connectivity index (χ2v) is 5.34. The zero-order chi connectivity index (χ0) is 15.2. The molecule has 2 atom stereocenters. The van der Waals surface area contributed by atoms with Gasteiger partial charge >= 0.3 is 5.97 Å². The van der Waals surface area contributed by atoms with Crippen molar-refractivity contribution in [2.45, 2.75) is 32.0 Å². The molecular weight excluding hydrogens is 270 g/mol. The van der Waals surface area contributed by atoms with Crippen LogP contribution in [0, 0.1) is 0 Å². The zero-order valence-corrected chi connectivity index (χ0v) is 12.6. The number of likely N-dealkylation sites (N-methyl/N-ethyl adjacent to an activating group) is 1. The van der Waals surface area contributed by atoms with E-state index < -0.39 is 12.1 Å². The van der Waals surface area contributed by atoms with E-state index in [0.717, 1.165) is 25.9 Å². The van der Waals surface area contributed by atoms with Gasteiger partial charge in [-0.3, -0.25) is 0 Å². The molecule has 1 aromatic carbocycles. The Labute approximate surface area is 125 Å². The minimum Gasteiger partial charge on any atom is -0.489 e. The summed E-state index contributed by atoms with van der Waals surface area (Å²) in [6.45, 7) is 3.88. The SMILES string of the molecule is CCOC(=O)C(O)c1ccccc1OC1CCCN(C)C1. The standard InChI is InChI=1S/C16H23NO4/c1-3-20-16(19)15(18)13-8-4-5-9-14(13)21-12-7-6-10-17(2)11-12/h4-5,8-9,12,15,18H,3,6-7,10-11H2,1-2H3. The van der Waals surface area contributed by atoms with Crippen molar-refractivity contribution < 1.29 is 19.4 Å². The van der Waals surface area contributed by atoms with Crippen molar-refractivity contribution in [3.8, 4) is 5.75 Å². The molecule has 116 valence electrons. The van der Waals surface area contributed by atoms with E-state index in [1.807, 2.05) is 6.07 Å². The number of carbonyl (C=O) groups is 1. The number of likely N-dealkylation sites (tertiary alicyclic amines) is 1. The molecule has 1 N–H and O–H groups in total. The summed E-state index contributed by atoms with van der Waals surface area (Å²) in [5.74, 6) is -0.0901. The van der Waals surface area contributed by atoms with Gasteiger partial charge in [0.2, 0.25) is 0 Å². The highest BCUT2D eigenvalue weighted by Crippen LogP contribution is 2.28. The second-order valence-electron chi connectivity index (χ2n) is 5.34. The summed E-state index contributed by atoms with van der Waals surface area (Å²) in [6.07, 6.45) is 0.847. The average Bonchev–Trinajstić information content (AvgIpc) is 2.47. The fraction of sp³-hybridized carbons (Fsp3) is 0.562. The van der Waals surface area contributed by atoms with Crippen molar-refractivity contribution in [2.75, 3.05) is 26.7 Å². The van der Waals surface area contributed by atoms with Gasteiger partial charge in [0.25, 0.3) is 0 Å². The number of aliphatic hydroxyl groups is 1. The lowest BCUT2D eigenvalue weighted by atomic mass is 10.1. The molecule has 1 aliphatic rings. The van der Waals surface area contributed by atoms with Gasteiger partial charge in [0.15, 0.2) is 6.10 Å². The van der Waals surface area contributed by atoms with Crippen LogP contribution in [0.25, 0.3) is 0 Å². The molecule has 0 saturated carbocycles. The molecule has 0 amide bonds. The number of esters is 1. The largest absolute Gasteiger partial charge is 0.489 e. The summed E-state index contributed by atoms with van der Waals surface area (Å²) >= 11 is 0. The molecule has 2 unspecified atom stereocenters. The summed E-state index contributed by atoms with van der Waals surface area (Å²) in [5.41, 5.74) is 0.462. The molecule has 2 rings (SSSR count). The Bertz CT molecular complexity index is 477. The smallest absolute Gasteiger partial charge is 0.339 e. The Hall–Kier alpha value is -1.59. The number of aliphatic hydroxyl groups excluding tert-OH is 1. The minimum absolute atomic E-state index is 0.0827. The predicted molar refractivity (Wildman–Crippen MR) is 79.2 cm³/mol. The van der Waals surface area contributed by atoms with E-state index in [4.69, 9.17) is 9.47 Å². The maximum atomic E-state index is 11.7. The molecule has 0 spiro atoms. The number of carbonyl (C=O) groups excluding carboxylic acids is 1. The van der Waals surface area contributed by atoms with E-state index in [-0.39, 0.29) is 12.7 Å². The summed E-state index contributed by atoms with van der Waals surface area (Å²) in [4.78, 5) is 13.9. The number of para-hydroxylation sites is 1. The Kier molecular flexibility index (Phi) is 5.59. The number of benzene rings is 1. The number of nitrogens with zero attached hydrogens (tertiary/aromatic N) is 1. The van der Waals surface area contributed by atoms with Gasteiger partial charge in [0, 0.05) is 12.1 Å². The van der Waals surface area contributed by atoms with Gasteiger partial charge in [-0.25, -0.2) is 4.79 Å². The van der Waals surface area contributed by atoms with Crippen LogP contribution in [-0.2, 0) is 9.53 Å². The first-order chi connectivity index (χ1) is 10.1. The van der Waals surface area contributed by atoms with E-state index in [9.17, 15) is 9.90 Å². The topological polar surface area (TPSA) is 59.0 Å². The lowest BCUT2D eigenvalue weighted by Gasteiger charge is -2.30. The number of ether oxygens (including phenoxy) is 2. The van der Waals surface area contributed by atoms with E-state index >= 15 is 0 Å². The maximum absolute atomic E-state index is 11.7. The summed E-state index contributed by atoms with van der Waals surface area (Å²) in [7, 11) is 2.06. The van der Waals surface area contributed by atoms with Crippen LogP contribution in [0.3, 0.4) is 0 Å². The van der Waals surface area contributed by atoms with Gasteiger partial charge in [-0.05, 0) is 39.4 Å². The highest BCUT2D eigenvalue weighted by molar-refractivity contribution is 5.77. The monoisotopic (exact) mass is 293 g/mol. The molecule has 5 nitrogen and oxygen atoms in total. The molecule has 0 radical (unpaired) electrons. The fourth-order valence-corrected chi connectivity index (χ4v) is 2.56. The van der Waals surface area contributed by atoms with Crippen LogP contribution in [0.15, 0.2) is 24.3 Å². The van der Waals surface area contributed by atoms with Crippen molar-refractivity contribution in [1.29, 1.82) is 0 Å². The molecule has 0 aromatic heterocycles. The molecule has 21 heavy (non-hydrogen) atoms. The van der Waals surface area contributed by atoms with E-state index in [2.05, 4.69) is 11.9 Å². The van der Waals surface area contributed by atoms with Crippen LogP contribution < -0.4 is 4.74 Å². The van der Waals surface area contributed by atoms with E-state index in [1.54, 1.807) is 25.1 Å². The number of hydrogen-bond donors (Lipinski definition) is 1. The van der Waals surface area contributed by atoms with Gasteiger partial charge < -0.3 is 19.5 Å². The molecule has 0 bridgehead atoms. The van der Waals surface area contributed by atoms with Gasteiger partial charge in [0.05, 0.1) is 6.61 Å². The van der Waals surface area contributed by atoms with Crippen LogP contribution in [0.1, 0.15) is 31.4 Å². The van der Waals surface area contributed by atoms with Crippen molar-refractivity contribution >= 4 is 5.97 Å². The molecule has 1 saturated heterocycles. The van der Waals surface area contributed by atoms with Gasteiger partial charge in [-0.15, -0.1) is 0 Å². The third-order valence-corrected chi connectivity index (χ3v) is 3.60. The predicted octanol–water partition coefficient (Wildman–Crippen LogP) is 1.76. The first kappa shape index (κ1) is 15.8.